The minimum Gasteiger partial charge on any atom is -0.335 e. The van der Waals surface area contributed by atoms with Gasteiger partial charge in [-0.05, 0) is 37.6 Å². The van der Waals surface area contributed by atoms with Crippen molar-refractivity contribution in [2.24, 2.45) is 0 Å². The standard InChI is InChI=1S/C16H16F2N2OS/c1-10(12-4-6-14(17)15(18)8-12)20(3)16(21)7-5-13-9-22-11(2)19-13/h4-10H,1-3H3/b7-5+. The van der Waals surface area contributed by atoms with Gasteiger partial charge in [-0.25, -0.2) is 13.8 Å². The highest BCUT2D eigenvalue weighted by atomic mass is 32.1. The van der Waals surface area contributed by atoms with Crippen molar-refractivity contribution < 1.29 is 13.6 Å². The summed E-state index contributed by atoms with van der Waals surface area (Å²) in [6.45, 7) is 3.65. The molecule has 1 aromatic carbocycles. The molecule has 1 amide bonds. The molecule has 0 saturated carbocycles. The van der Waals surface area contributed by atoms with Gasteiger partial charge >= 0.3 is 0 Å². The van der Waals surface area contributed by atoms with E-state index in [0.29, 0.717) is 5.56 Å². The van der Waals surface area contributed by atoms with Gasteiger partial charge in [-0.15, -0.1) is 11.3 Å². The molecule has 0 spiro atoms. The zero-order valence-electron chi connectivity index (χ0n) is 12.5. The molecule has 0 saturated heterocycles. The lowest BCUT2D eigenvalue weighted by Gasteiger charge is -2.24. The van der Waals surface area contributed by atoms with Crippen molar-refractivity contribution in [2.45, 2.75) is 19.9 Å². The Morgan fingerprint density at radius 3 is 2.68 bits per heavy atom. The van der Waals surface area contributed by atoms with Gasteiger partial charge in [-0.3, -0.25) is 4.79 Å². The molecule has 2 rings (SSSR count). The molecule has 1 unspecified atom stereocenters. The number of nitrogens with zero attached hydrogens (tertiary/aromatic N) is 2. The molecular formula is C16H16F2N2OS. The number of carbonyl (C=O) groups is 1. The van der Waals surface area contributed by atoms with E-state index in [0.717, 1.165) is 22.8 Å². The predicted octanol–water partition coefficient (Wildman–Crippen LogP) is 3.96. The molecule has 1 atom stereocenters. The van der Waals surface area contributed by atoms with E-state index in [4.69, 9.17) is 0 Å². The van der Waals surface area contributed by atoms with Crippen LogP contribution in [0.2, 0.25) is 0 Å². The van der Waals surface area contributed by atoms with E-state index in [1.165, 1.54) is 28.4 Å². The van der Waals surface area contributed by atoms with Crippen LogP contribution in [0.5, 0.6) is 0 Å². The highest BCUT2D eigenvalue weighted by Crippen LogP contribution is 2.21. The number of thiazole rings is 1. The van der Waals surface area contributed by atoms with Gasteiger partial charge in [0, 0.05) is 18.5 Å². The largest absolute Gasteiger partial charge is 0.335 e. The second-order valence-corrected chi connectivity index (χ2v) is 5.99. The fourth-order valence-corrected chi connectivity index (χ4v) is 2.50. The average molecular weight is 322 g/mol. The molecular weight excluding hydrogens is 306 g/mol. The van der Waals surface area contributed by atoms with Crippen LogP contribution in [0.4, 0.5) is 8.78 Å². The van der Waals surface area contributed by atoms with Crippen LogP contribution in [0.3, 0.4) is 0 Å². The number of benzene rings is 1. The molecule has 116 valence electrons. The number of amides is 1. The topological polar surface area (TPSA) is 33.2 Å². The summed E-state index contributed by atoms with van der Waals surface area (Å²) < 4.78 is 26.2. The Bertz CT molecular complexity index is 712. The third kappa shape index (κ3) is 3.76. The maximum absolute atomic E-state index is 13.3. The Kier molecular flexibility index (Phi) is 5.03. The van der Waals surface area contributed by atoms with Gasteiger partial charge < -0.3 is 4.90 Å². The number of aromatic nitrogens is 1. The van der Waals surface area contributed by atoms with Gasteiger partial charge in [0.25, 0.3) is 0 Å². The Balaban J connectivity index is 2.08. The van der Waals surface area contributed by atoms with E-state index in [1.54, 1.807) is 20.0 Å². The first-order valence-corrected chi connectivity index (χ1v) is 7.58. The van der Waals surface area contributed by atoms with Gasteiger partial charge in [0.15, 0.2) is 11.6 Å². The molecule has 0 aliphatic rings. The number of aryl methyl sites for hydroxylation is 1. The Hall–Kier alpha value is -2.08. The zero-order valence-corrected chi connectivity index (χ0v) is 13.3. The van der Waals surface area contributed by atoms with Gasteiger partial charge in [-0.1, -0.05) is 6.07 Å². The van der Waals surface area contributed by atoms with E-state index in [2.05, 4.69) is 4.98 Å². The van der Waals surface area contributed by atoms with E-state index in [1.807, 2.05) is 12.3 Å². The summed E-state index contributed by atoms with van der Waals surface area (Å²) in [6, 6.07) is 3.27. The molecule has 1 aromatic heterocycles. The molecule has 0 bridgehead atoms. The SMILES string of the molecule is Cc1nc(/C=C/C(=O)N(C)C(C)c2ccc(F)c(F)c2)cs1. The molecule has 0 fully saturated rings. The normalized spacial score (nSPS) is 12.6. The summed E-state index contributed by atoms with van der Waals surface area (Å²) in [5, 5.41) is 2.79. The number of hydrogen-bond donors (Lipinski definition) is 0. The number of likely N-dealkylation sites (N-methyl/N-ethyl adjacent to an activating group) is 1. The summed E-state index contributed by atoms with van der Waals surface area (Å²) in [5.41, 5.74) is 1.26. The maximum atomic E-state index is 13.3. The van der Waals surface area contributed by atoms with Crippen molar-refractivity contribution in [3.05, 3.63) is 57.6 Å². The van der Waals surface area contributed by atoms with Crippen LogP contribution in [-0.4, -0.2) is 22.8 Å². The summed E-state index contributed by atoms with van der Waals surface area (Å²) >= 11 is 1.51. The lowest BCUT2D eigenvalue weighted by Crippen LogP contribution is -2.28. The predicted molar refractivity (Wildman–Crippen MR) is 83.4 cm³/mol. The maximum Gasteiger partial charge on any atom is 0.246 e. The van der Waals surface area contributed by atoms with Crippen LogP contribution in [0.25, 0.3) is 6.08 Å². The molecule has 0 aliphatic heterocycles. The van der Waals surface area contributed by atoms with Crippen LogP contribution in [0.1, 0.15) is 29.2 Å². The third-order valence-electron chi connectivity index (χ3n) is 3.39. The fraction of sp³-hybridized carbons (Fsp3) is 0.250. The minimum atomic E-state index is -0.918. The van der Waals surface area contributed by atoms with Crippen LogP contribution < -0.4 is 0 Å². The minimum absolute atomic E-state index is 0.233. The average Bonchev–Trinajstić information content (AvgIpc) is 2.91. The van der Waals surface area contributed by atoms with Crippen molar-refractivity contribution in [1.82, 2.24) is 9.88 Å². The molecule has 0 radical (unpaired) electrons. The molecule has 1 heterocycles. The Morgan fingerprint density at radius 2 is 2.09 bits per heavy atom. The first-order chi connectivity index (χ1) is 10.4. The first-order valence-electron chi connectivity index (χ1n) is 6.70. The van der Waals surface area contributed by atoms with E-state index < -0.39 is 11.6 Å². The highest BCUT2D eigenvalue weighted by Gasteiger charge is 2.17. The number of halogens is 2. The van der Waals surface area contributed by atoms with Crippen molar-refractivity contribution in [3.8, 4) is 0 Å². The van der Waals surface area contributed by atoms with Crippen LogP contribution in [-0.2, 0) is 4.79 Å². The first kappa shape index (κ1) is 16.3. The number of hydrogen-bond acceptors (Lipinski definition) is 3. The van der Waals surface area contributed by atoms with E-state index >= 15 is 0 Å². The lowest BCUT2D eigenvalue weighted by atomic mass is 10.1. The molecule has 3 nitrogen and oxygen atoms in total. The molecule has 2 aromatic rings. The van der Waals surface area contributed by atoms with Crippen molar-refractivity contribution in [3.63, 3.8) is 0 Å². The molecule has 22 heavy (non-hydrogen) atoms. The van der Waals surface area contributed by atoms with Crippen molar-refractivity contribution >= 4 is 23.3 Å². The van der Waals surface area contributed by atoms with Crippen LogP contribution in [0, 0.1) is 18.6 Å². The zero-order chi connectivity index (χ0) is 16.3. The lowest BCUT2D eigenvalue weighted by molar-refractivity contribution is -0.126. The monoisotopic (exact) mass is 322 g/mol. The molecule has 0 N–H and O–H groups in total. The van der Waals surface area contributed by atoms with Gasteiger partial charge in [0.1, 0.15) is 0 Å². The van der Waals surface area contributed by atoms with Crippen molar-refractivity contribution in [2.75, 3.05) is 7.05 Å². The summed E-state index contributed by atoms with van der Waals surface area (Å²) in [7, 11) is 1.62. The fourth-order valence-electron chi connectivity index (χ4n) is 1.92. The van der Waals surface area contributed by atoms with Gasteiger partial charge in [0.2, 0.25) is 5.91 Å². The van der Waals surface area contributed by atoms with Gasteiger partial charge in [0.05, 0.1) is 16.7 Å². The smallest absolute Gasteiger partial charge is 0.246 e. The van der Waals surface area contributed by atoms with Crippen LogP contribution in [0.15, 0.2) is 29.7 Å². The van der Waals surface area contributed by atoms with E-state index in [9.17, 15) is 13.6 Å². The van der Waals surface area contributed by atoms with Gasteiger partial charge in [-0.2, -0.15) is 0 Å². The summed E-state index contributed by atoms with van der Waals surface area (Å²) in [6.07, 6.45) is 3.06. The number of carbonyl (C=O) groups excluding carboxylic acids is 1. The van der Waals surface area contributed by atoms with Crippen LogP contribution >= 0.6 is 11.3 Å². The number of rotatable bonds is 4. The molecule has 6 heteroatoms. The second kappa shape index (κ2) is 6.79. The Morgan fingerprint density at radius 1 is 1.36 bits per heavy atom. The molecule has 0 aliphatic carbocycles. The summed E-state index contributed by atoms with van der Waals surface area (Å²) in [4.78, 5) is 17.8. The second-order valence-electron chi connectivity index (χ2n) is 4.92. The third-order valence-corrected chi connectivity index (χ3v) is 4.18. The van der Waals surface area contributed by atoms with Crippen molar-refractivity contribution in [1.29, 1.82) is 0 Å². The van der Waals surface area contributed by atoms with E-state index in [-0.39, 0.29) is 11.9 Å². The Labute approximate surface area is 131 Å². The summed E-state index contributed by atoms with van der Waals surface area (Å²) in [5.74, 6) is -2.05. The highest BCUT2D eigenvalue weighted by molar-refractivity contribution is 7.09. The quantitative estimate of drug-likeness (QED) is 0.798.